The maximum Gasteiger partial charge on any atom is 0.290 e. The standard InChI is InChI=1S/C12H16N2O2/c1-8-3-5-16-11(8)12(15)14-4-2-9-6-13-7-10(9)14/h3,5,9-10,13H,2,4,6-7H2,1H3/t9-,10+/m1/s1. The molecule has 0 bridgehead atoms. The molecule has 2 aliphatic rings. The summed E-state index contributed by atoms with van der Waals surface area (Å²) in [7, 11) is 0. The third-order valence-corrected chi connectivity index (χ3v) is 3.76. The van der Waals surface area contributed by atoms with Crippen LogP contribution in [0.2, 0.25) is 0 Å². The molecule has 2 atom stereocenters. The third-order valence-electron chi connectivity index (χ3n) is 3.76. The Morgan fingerprint density at radius 1 is 1.56 bits per heavy atom. The number of rotatable bonds is 1. The first-order valence-corrected chi connectivity index (χ1v) is 5.83. The molecule has 0 aromatic carbocycles. The smallest absolute Gasteiger partial charge is 0.290 e. The minimum atomic E-state index is 0.0544. The number of hydrogen-bond acceptors (Lipinski definition) is 3. The summed E-state index contributed by atoms with van der Waals surface area (Å²) in [6, 6.07) is 2.21. The minimum absolute atomic E-state index is 0.0544. The van der Waals surface area contributed by atoms with E-state index in [2.05, 4.69) is 5.32 Å². The normalized spacial score (nSPS) is 28.4. The molecular weight excluding hydrogens is 204 g/mol. The fourth-order valence-electron chi connectivity index (χ4n) is 2.82. The highest BCUT2D eigenvalue weighted by atomic mass is 16.3. The summed E-state index contributed by atoms with van der Waals surface area (Å²) in [6.45, 7) is 4.76. The fourth-order valence-corrected chi connectivity index (χ4v) is 2.82. The van der Waals surface area contributed by atoms with Gasteiger partial charge in [-0.1, -0.05) is 0 Å². The van der Waals surface area contributed by atoms with Gasteiger partial charge < -0.3 is 14.6 Å². The first-order chi connectivity index (χ1) is 7.77. The molecule has 4 heteroatoms. The maximum absolute atomic E-state index is 12.3. The van der Waals surface area contributed by atoms with E-state index < -0.39 is 0 Å². The Balaban J connectivity index is 1.83. The molecule has 16 heavy (non-hydrogen) atoms. The van der Waals surface area contributed by atoms with Gasteiger partial charge >= 0.3 is 0 Å². The molecule has 2 saturated heterocycles. The van der Waals surface area contributed by atoms with Crippen molar-refractivity contribution in [2.75, 3.05) is 19.6 Å². The molecule has 0 spiro atoms. The van der Waals surface area contributed by atoms with Crippen molar-refractivity contribution in [3.8, 4) is 0 Å². The number of aryl methyl sites for hydroxylation is 1. The number of amides is 1. The maximum atomic E-state index is 12.3. The van der Waals surface area contributed by atoms with E-state index >= 15 is 0 Å². The number of fused-ring (bicyclic) bond motifs is 1. The molecule has 2 aliphatic heterocycles. The van der Waals surface area contributed by atoms with Crippen LogP contribution in [0.15, 0.2) is 16.7 Å². The van der Waals surface area contributed by atoms with Gasteiger partial charge in [-0.3, -0.25) is 4.79 Å². The van der Waals surface area contributed by atoms with Gasteiger partial charge in [0.1, 0.15) is 0 Å². The molecule has 2 fully saturated rings. The number of carbonyl (C=O) groups excluding carboxylic acids is 1. The molecule has 0 radical (unpaired) electrons. The Morgan fingerprint density at radius 2 is 2.44 bits per heavy atom. The molecule has 0 aliphatic carbocycles. The van der Waals surface area contributed by atoms with Crippen molar-refractivity contribution in [2.24, 2.45) is 5.92 Å². The van der Waals surface area contributed by atoms with Crippen LogP contribution in [0, 0.1) is 12.8 Å². The second kappa shape index (κ2) is 3.63. The van der Waals surface area contributed by atoms with E-state index in [1.165, 1.54) is 0 Å². The topological polar surface area (TPSA) is 45.5 Å². The lowest BCUT2D eigenvalue weighted by Gasteiger charge is -2.22. The van der Waals surface area contributed by atoms with Gasteiger partial charge in [0, 0.05) is 31.2 Å². The summed E-state index contributed by atoms with van der Waals surface area (Å²) >= 11 is 0. The van der Waals surface area contributed by atoms with Crippen LogP contribution < -0.4 is 5.32 Å². The summed E-state index contributed by atoms with van der Waals surface area (Å²) in [5.41, 5.74) is 0.930. The highest BCUT2D eigenvalue weighted by Gasteiger charge is 2.41. The van der Waals surface area contributed by atoms with Crippen LogP contribution >= 0.6 is 0 Å². The highest BCUT2D eigenvalue weighted by Crippen LogP contribution is 2.29. The average Bonchev–Trinajstić information content (AvgIpc) is 2.90. The van der Waals surface area contributed by atoms with Crippen LogP contribution in [0.4, 0.5) is 0 Å². The average molecular weight is 220 g/mol. The minimum Gasteiger partial charge on any atom is -0.459 e. The van der Waals surface area contributed by atoms with E-state index in [0.29, 0.717) is 17.7 Å². The van der Waals surface area contributed by atoms with Gasteiger partial charge in [-0.2, -0.15) is 0 Å². The van der Waals surface area contributed by atoms with E-state index in [4.69, 9.17) is 4.42 Å². The quantitative estimate of drug-likeness (QED) is 0.768. The SMILES string of the molecule is Cc1ccoc1C(=O)N1CC[C@@H]2CNC[C@@H]21. The lowest BCUT2D eigenvalue weighted by molar-refractivity contribution is 0.0703. The zero-order valence-corrected chi connectivity index (χ0v) is 9.40. The van der Waals surface area contributed by atoms with Gasteiger partial charge in [-0.25, -0.2) is 0 Å². The van der Waals surface area contributed by atoms with Gasteiger partial charge in [0.25, 0.3) is 5.91 Å². The first-order valence-electron chi connectivity index (χ1n) is 5.83. The van der Waals surface area contributed by atoms with Crippen LogP contribution in [0.1, 0.15) is 22.5 Å². The molecule has 1 aromatic rings. The van der Waals surface area contributed by atoms with Crippen molar-refractivity contribution in [2.45, 2.75) is 19.4 Å². The summed E-state index contributed by atoms with van der Waals surface area (Å²) in [5, 5.41) is 3.34. The van der Waals surface area contributed by atoms with Crippen LogP contribution in [-0.4, -0.2) is 36.5 Å². The van der Waals surface area contributed by atoms with Crippen molar-refractivity contribution in [1.82, 2.24) is 10.2 Å². The molecule has 1 N–H and O–H groups in total. The van der Waals surface area contributed by atoms with E-state index in [1.807, 2.05) is 17.9 Å². The Bertz CT molecular complexity index is 413. The van der Waals surface area contributed by atoms with Crippen molar-refractivity contribution < 1.29 is 9.21 Å². The van der Waals surface area contributed by atoms with Gasteiger partial charge in [0.05, 0.1) is 6.26 Å². The van der Waals surface area contributed by atoms with E-state index in [0.717, 1.165) is 31.6 Å². The summed E-state index contributed by atoms with van der Waals surface area (Å²) in [4.78, 5) is 14.2. The molecule has 3 rings (SSSR count). The number of nitrogens with one attached hydrogen (secondary N) is 1. The number of likely N-dealkylation sites (tertiary alicyclic amines) is 1. The van der Waals surface area contributed by atoms with Crippen LogP contribution in [0.3, 0.4) is 0 Å². The molecule has 4 nitrogen and oxygen atoms in total. The molecular formula is C12H16N2O2. The zero-order valence-electron chi connectivity index (χ0n) is 9.40. The number of carbonyl (C=O) groups is 1. The zero-order chi connectivity index (χ0) is 11.1. The van der Waals surface area contributed by atoms with Gasteiger partial charge in [0.15, 0.2) is 5.76 Å². The van der Waals surface area contributed by atoms with Crippen molar-refractivity contribution in [3.05, 3.63) is 23.7 Å². The predicted octanol–water partition coefficient (Wildman–Crippen LogP) is 1.02. The first kappa shape index (κ1) is 9.90. The van der Waals surface area contributed by atoms with Crippen molar-refractivity contribution in [3.63, 3.8) is 0 Å². The van der Waals surface area contributed by atoms with Crippen LogP contribution in [0.5, 0.6) is 0 Å². The summed E-state index contributed by atoms with van der Waals surface area (Å²) in [5.74, 6) is 1.20. The van der Waals surface area contributed by atoms with E-state index in [-0.39, 0.29) is 5.91 Å². The Morgan fingerprint density at radius 3 is 3.19 bits per heavy atom. The highest BCUT2D eigenvalue weighted by molar-refractivity contribution is 5.93. The Kier molecular flexibility index (Phi) is 2.24. The van der Waals surface area contributed by atoms with E-state index in [1.54, 1.807) is 6.26 Å². The number of nitrogens with zero attached hydrogens (tertiary/aromatic N) is 1. The van der Waals surface area contributed by atoms with Crippen molar-refractivity contribution in [1.29, 1.82) is 0 Å². The Labute approximate surface area is 94.6 Å². The summed E-state index contributed by atoms with van der Waals surface area (Å²) in [6.07, 6.45) is 2.70. The predicted molar refractivity (Wildman–Crippen MR) is 59.2 cm³/mol. The summed E-state index contributed by atoms with van der Waals surface area (Å²) < 4.78 is 5.28. The monoisotopic (exact) mass is 220 g/mol. The number of furan rings is 1. The molecule has 0 saturated carbocycles. The lowest BCUT2D eigenvalue weighted by atomic mass is 10.1. The molecule has 1 aromatic heterocycles. The Hall–Kier alpha value is -1.29. The van der Waals surface area contributed by atoms with E-state index in [9.17, 15) is 4.79 Å². The molecule has 1 amide bonds. The number of hydrogen-bond donors (Lipinski definition) is 1. The van der Waals surface area contributed by atoms with Gasteiger partial charge in [0.2, 0.25) is 0 Å². The van der Waals surface area contributed by atoms with Gasteiger partial charge in [-0.05, 0) is 25.3 Å². The van der Waals surface area contributed by atoms with Crippen molar-refractivity contribution >= 4 is 5.91 Å². The third kappa shape index (κ3) is 1.37. The second-order valence-electron chi connectivity index (χ2n) is 4.71. The molecule has 3 heterocycles. The lowest BCUT2D eigenvalue weighted by Crippen LogP contribution is -2.39. The fraction of sp³-hybridized carbons (Fsp3) is 0.583. The van der Waals surface area contributed by atoms with Gasteiger partial charge in [-0.15, -0.1) is 0 Å². The largest absolute Gasteiger partial charge is 0.459 e. The van der Waals surface area contributed by atoms with Crippen LogP contribution in [-0.2, 0) is 0 Å². The molecule has 0 unspecified atom stereocenters. The van der Waals surface area contributed by atoms with Crippen LogP contribution in [0.25, 0.3) is 0 Å². The second-order valence-corrected chi connectivity index (χ2v) is 4.71. The molecule has 86 valence electrons.